The van der Waals surface area contributed by atoms with Crippen molar-refractivity contribution < 1.29 is 9.31 Å². The fourth-order valence-corrected chi connectivity index (χ4v) is 3.26. The third-order valence-corrected chi connectivity index (χ3v) is 5.70. The maximum Gasteiger partial charge on any atom is 0.494 e. The van der Waals surface area contributed by atoms with Crippen molar-refractivity contribution in [2.24, 2.45) is 0 Å². The molecule has 2 saturated heterocycles. The Hall–Kier alpha value is -1.55. The lowest BCUT2D eigenvalue weighted by atomic mass is 9.79. The quantitative estimate of drug-likeness (QED) is 0.785. The van der Waals surface area contributed by atoms with Gasteiger partial charge in [-0.2, -0.15) is 5.26 Å². The number of rotatable bonds is 4. The molecule has 0 aromatic heterocycles. The highest BCUT2D eigenvalue weighted by Gasteiger charge is 2.51. The van der Waals surface area contributed by atoms with Gasteiger partial charge in [-0.3, -0.25) is 4.90 Å². The average molecular weight is 341 g/mol. The highest BCUT2D eigenvalue weighted by molar-refractivity contribution is 6.62. The molecule has 1 aromatic carbocycles. The van der Waals surface area contributed by atoms with Crippen LogP contribution in [0.4, 0.5) is 5.69 Å². The summed E-state index contributed by atoms with van der Waals surface area (Å²) in [6.45, 7) is 13.2. The van der Waals surface area contributed by atoms with Crippen molar-refractivity contribution in [2.45, 2.75) is 45.3 Å². The van der Waals surface area contributed by atoms with Crippen LogP contribution >= 0.6 is 0 Å². The molecule has 2 aliphatic rings. The summed E-state index contributed by atoms with van der Waals surface area (Å²) < 4.78 is 12.2. The van der Waals surface area contributed by atoms with E-state index in [0.29, 0.717) is 6.42 Å². The van der Waals surface area contributed by atoms with Gasteiger partial charge < -0.3 is 14.2 Å². The predicted molar refractivity (Wildman–Crippen MR) is 101 cm³/mol. The lowest BCUT2D eigenvalue weighted by Crippen LogP contribution is -2.46. The van der Waals surface area contributed by atoms with Crippen LogP contribution in [0, 0.1) is 11.3 Å². The summed E-state index contributed by atoms with van der Waals surface area (Å²) in [5.74, 6) is 0. The van der Waals surface area contributed by atoms with E-state index >= 15 is 0 Å². The summed E-state index contributed by atoms with van der Waals surface area (Å²) in [6.07, 6.45) is 0.614. The fourth-order valence-electron chi connectivity index (χ4n) is 3.26. The lowest BCUT2D eigenvalue weighted by molar-refractivity contribution is 0.00578. The van der Waals surface area contributed by atoms with Gasteiger partial charge in [-0.15, -0.1) is 0 Å². The molecule has 0 bridgehead atoms. The molecule has 0 N–H and O–H groups in total. The number of nitrogens with zero attached hydrogens (tertiary/aromatic N) is 3. The second-order valence-corrected chi connectivity index (χ2v) is 7.92. The van der Waals surface area contributed by atoms with Gasteiger partial charge >= 0.3 is 7.12 Å². The minimum atomic E-state index is -0.309. The SMILES string of the molecule is CC1(C)OB(c2ccc(N3CCN(CCC#N)CC3)cc2)OC1(C)C. The molecule has 2 heterocycles. The first kappa shape index (κ1) is 18.3. The molecule has 2 fully saturated rings. The number of anilines is 1. The zero-order chi connectivity index (χ0) is 18.1. The Labute approximate surface area is 151 Å². The number of benzene rings is 1. The van der Waals surface area contributed by atoms with Gasteiger partial charge in [0.15, 0.2) is 0 Å². The Morgan fingerprint density at radius 3 is 2.08 bits per heavy atom. The molecule has 0 amide bonds. The topological polar surface area (TPSA) is 48.7 Å². The molecule has 6 heteroatoms. The summed E-state index contributed by atoms with van der Waals surface area (Å²) >= 11 is 0. The third kappa shape index (κ3) is 3.84. The maximum absolute atomic E-state index is 8.70. The molecule has 5 nitrogen and oxygen atoms in total. The van der Waals surface area contributed by atoms with Gasteiger partial charge in [0.25, 0.3) is 0 Å². The second kappa shape index (κ2) is 6.99. The molecule has 2 aliphatic heterocycles. The lowest BCUT2D eigenvalue weighted by Gasteiger charge is -2.35. The number of hydrogen-bond acceptors (Lipinski definition) is 5. The molecule has 25 heavy (non-hydrogen) atoms. The van der Waals surface area contributed by atoms with E-state index in [0.717, 1.165) is 38.2 Å². The van der Waals surface area contributed by atoms with Gasteiger partial charge in [-0.1, -0.05) is 12.1 Å². The summed E-state index contributed by atoms with van der Waals surface area (Å²) in [5, 5.41) is 8.70. The van der Waals surface area contributed by atoms with Crippen LogP contribution < -0.4 is 10.4 Å². The molecule has 0 unspecified atom stereocenters. The highest BCUT2D eigenvalue weighted by Crippen LogP contribution is 2.36. The Morgan fingerprint density at radius 1 is 1.00 bits per heavy atom. The minimum absolute atomic E-state index is 0.304. The zero-order valence-electron chi connectivity index (χ0n) is 15.8. The Morgan fingerprint density at radius 2 is 1.56 bits per heavy atom. The predicted octanol–water partition coefficient (Wildman–Crippen LogP) is 2.02. The summed E-state index contributed by atoms with van der Waals surface area (Å²) in [5.41, 5.74) is 1.68. The zero-order valence-corrected chi connectivity index (χ0v) is 15.8. The van der Waals surface area contributed by atoms with Crippen LogP contribution in [-0.4, -0.2) is 55.9 Å². The van der Waals surface area contributed by atoms with Crippen LogP contribution in [0.5, 0.6) is 0 Å². The van der Waals surface area contributed by atoms with E-state index < -0.39 is 0 Å². The van der Waals surface area contributed by atoms with Crippen LogP contribution in [-0.2, 0) is 9.31 Å². The Balaban J connectivity index is 1.60. The fraction of sp³-hybridized carbons (Fsp3) is 0.632. The van der Waals surface area contributed by atoms with Gasteiger partial charge in [-0.25, -0.2) is 0 Å². The third-order valence-electron chi connectivity index (χ3n) is 5.70. The van der Waals surface area contributed by atoms with Crippen molar-refractivity contribution in [1.29, 1.82) is 5.26 Å². The van der Waals surface area contributed by atoms with E-state index in [1.807, 2.05) is 0 Å². The monoisotopic (exact) mass is 341 g/mol. The van der Waals surface area contributed by atoms with Crippen molar-refractivity contribution >= 4 is 18.3 Å². The van der Waals surface area contributed by atoms with Crippen LogP contribution in [0.1, 0.15) is 34.1 Å². The van der Waals surface area contributed by atoms with Crippen molar-refractivity contribution in [2.75, 3.05) is 37.6 Å². The first-order valence-electron chi connectivity index (χ1n) is 9.12. The summed E-state index contributed by atoms with van der Waals surface area (Å²) in [7, 11) is -0.304. The molecule has 0 saturated carbocycles. The van der Waals surface area contributed by atoms with E-state index in [4.69, 9.17) is 14.6 Å². The van der Waals surface area contributed by atoms with Crippen molar-refractivity contribution in [3.8, 4) is 6.07 Å². The van der Waals surface area contributed by atoms with Crippen LogP contribution in [0.2, 0.25) is 0 Å². The van der Waals surface area contributed by atoms with E-state index in [9.17, 15) is 0 Å². The maximum atomic E-state index is 8.70. The molecular weight excluding hydrogens is 313 g/mol. The largest absolute Gasteiger partial charge is 0.494 e. The van der Waals surface area contributed by atoms with Gasteiger partial charge in [0.2, 0.25) is 0 Å². The molecule has 0 atom stereocenters. The molecule has 3 rings (SSSR count). The second-order valence-electron chi connectivity index (χ2n) is 7.92. The molecule has 1 aromatic rings. The summed E-state index contributed by atoms with van der Waals surface area (Å²) in [6, 6.07) is 10.8. The van der Waals surface area contributed by atoms with Gasteiger partial charge in [0, 0.05) is 44.8 Å². The minimum Gasteiger partial charge on any atom is -0.399 e. The van der Waals surface area contributed by atoms with E-state index in [1.165, 1.54) is 5.69 Å². The van der Waals surface area contributed by atoms with Crippen molar-refractivity contribution in [3.05, 3.63) is 24.3 Å². The summed E-state index contributed by atoms with van der Waals surface area (Å²) in [4.78, 5) is 4.76. The van der Waals surface area contributed by atoms with Gasteiger partial charge in [0.05, 0.1) is 17.3 Å². The van der Waals surface area contributed by atoms with Crippen LogP contribution in [0.25, 0.3) is 0 Å². The molecule has 0 radical (unpaired) electrons. The van der Waals surface area contributed by atoms with E-state index in [1.54, 1.807) is 0 Å². The standard InChI is InChI=1S/C19H28BN3O2/c1-18(2)19(3,4)25-20(24-18)16-6-8-17(9-7-16)23-14-12-22(13-15-23)11-5-10-21/h6-9H,5,11-15H2,1-4H3. The molecular formula is C19H28BN3O2. The van der Waals surface area contributed by atoms with E-state index in [-0.39, 0.29) is 18.3 Å². The smallest absolute Gasteiger partial charge is 0.399 e. The first-order chi connectivity index (χ1) is 11.8. The Bertz CT molecular complexity index is 615. The molecule has 134 valence electrons. The molecule has 0 aliphatic carbocycles. The Kier molecular flexibility index (Phi) is 5.10. The van der Waals surface area contributed by atoms with E-state index in [2.05, 4.69) is 67.8 Å². The van der Waals surface area contributed by atoms with Gasteiger partial charge in [-0.05, 0) is 45.3 Å². The first-order valence-corrected chi connectivity index (χ1v) is 9.12. The normalized spacial score (nSPS) is 22.8. The van der Waals surface area contributed by atoms with Crippen LogP contribution in [0.3, 0.4) is 0 Å². The number of nitriles is 1. The van der Waals surface area contributed by atoms with Crippen molar-refractivity contribution in [1.82, 2.24) is 4.90 Å². The van der Waals surface area contributed by atoms with Crippen LogP contribution in [0.15, 0.2) is 24.3 Å². The molecule has 0 spiro atoms. The number of hydrogen-bond donors (Lipinski definition) is 0. The number of piperazine rings is 1. The average Bonchev–Trinajstić information content (AvgIpc) is 2.81. The van der Waals surface area contributed by atoms with Crippen molar-refractivity contribution in [3.63, 3.8) is 0 Å². The highest BCUT2D eigenvalue weighted by atomic mass is 16.7. The van der Waals surface area contributed by atoms with Gasteiger partial charge in [0.1, 0.15) is 0 Å².